The first-order valence-electron chi connectivity index (χ1n) is 21.9. The summed E-state index contributed by atoms with van der Waals surface area (Å²) in [5.41, 5.74) is 9.89. The molecule has 0 spiro atoms. The van der Waals surface area contributed by atoms with Gasteiger partial charge in [-0.2, -0.15) is 13.2 Å². The van der Waals surface area contributed by atoms with Crippen LogP contribution in [0.2, 0.25) is 0 Å². The Morgan fingerprint density at radius 3 is 1.50 bits per heavy atom. The Morgan fingerprint density at radius 1 is 0.333 bits per heavy atom. The van der Waals surface area contributed by atoms with Gasteiger partial charge >= 0.3 is 6.18 Å². The summed E-state index contributed by atoms with van der Waals surface area (Å²) in [6, 6.07) is 72.2. The minimum atomic E-state index is -4.42. The van der Waals surface area contributed by atoms with Gasteiger partial charge in [-0.25, -0.2) is 4.98 Å². The van der Waals surface area contributed by atoms with Crippen molar-refractivity contribution in [2.75, 3.05) is 0 Å². The van der Waals surface area contributed by atoms with Crippen LogP contribution in [0, 0.1) is 0 Å². The van der Waals surface area contributed by atoms with Crippen molar-refractivity contribution in [3.05, 3.63) is 218 Å². The predicted molar refractivity (Wildman–Crippen MR) is 271 cm³/mol. The van der Waals surface area contributed by atoms with Gasteiger partial charge in [-0.1, -0.05) is 146 Å². The maximum Gasteiger partial charge on any atom is 0.416 e. The van der Waals surface area contributed by atoms with Gasteiger partial charge in [-0.05, 0) is 121 Å². The third-order valence-electron chi connectivity index (χ3n) is 13.2. The predicted octanol–water partition coefficient (Wildman–Crippen LogP) is 17.7. The first-order chi connectivity index (χ1) is 32.3. The summed E-state index contributed by atoms with van der Waals surface area (Å²) < 4.78 is 45.9. The van der Waals surface area contributed by atoms with Gasteiger partial charge in [0, 0.05) is 42.1 Å². The van der Waals surface area contributed by atoms with E-state index in [0.717, 1.165) is 94.8 Å². The van der Waals surface area contributed by atoms with E-state index < -0.39 is 11.7 Å². The Bertz CT molecular complexity index is 4020. The molecule has 13 rings (SSSR count). The van der Waals surface area contributed by atoms with E-state index >= 15 is 0 Å². The molecule has 0 aliphatic heterocycles. The molecule has 0 unspecified atom stereocenters. The minimum absolute atomic E-state index is 0.667. The number of benzene rings is 10. The zero-order chi connectivity index (χ0) is 44.1. The van der Waals surface area contributed by atoms with Crippen molar-refractivity contribution in [2.45, 2.75) is 6.18 Å². The molecule has 0 fully saturated rings. The molecule has 10 aromatic carbocycles. The zero-order valence-corrected chi connectivity index (χ0v) is 36.0. The van der Waals surface area contributed by atoms with Crippen molar-refractivity contribution < 1.29 is 13.2 Å². The second kappa shape index (κ2) is 14.7. The molecule has 0 bridgehead atoms. The molecule has 2 nitrogen and oxygen atoms in total. The van der Waals surface area contributed by atoms with Crippen LogP contribution >= 0.6 is 11.3 Å². The summed E-state index contributed by atoms with van der Waals surface area (Å²) in [5.74, 6) is 0. The molecule has 0 aliphatic rings. The van der Waals surface area contributed by atoms with Gasteiger partial charge in [0.25, 0.3) is 0 Å². The monoisotopic (exact) mass is 872 g/mol. The lowest BCUT2D eigenvalue weighted by Gasteiger charge is -2.15. The van der Waals surface area contributed by atoms with Crippen LogP contribution in [0.15, 0.2) is 212 Å². The van der Waals surface area contributed by atoms with Gasteiger partial charge in [0.1, 0.15) is 0 Å². The zero-order valence-electron chi connectivity index (χ0n) is 35.1. The molecule has 0 saturated carbocycles. The van der Waals surface area contributed by atoms with E-state index in [9.17, 15) is 13.2 Å². The molecule has 0 atom stereocenters. The molecule has 312 valence electrons. The Labute approximate surface area is 381 Å². The molecule has 0 radical (unpaired) electrons. The number of fused-ring (bicyclic) bond motifs is 12. The second-order valence-electron chi connectivity index (χ2n) is 17.0. The van der Waals surface area contributed by atoms with Crippen molar-refractivity contribution in [1.82, 2.24) is 9.55 Å². The minimum Gasteiger partial charge on any atom is -0.309 e. The van der Waals surface area contributed by atoms with Gasteiger partial charge in [0.2, 0.25) is 0 Å². The SMILES string of the molecule is FC(F)(F)c1ccc(-c2ccc3c(c2)c2cc4c5ccccc5c5cc(-c6ccc7c(c6)sc6ccccc67)ccc5c4cc2n3-c2cc(-c3ccccc3)nc(-c3ccccc3)c2)cc1. The van der Waals surface area contributed by atoms with Gasteiger partial charge in [-0.15, -0.1) is 11.3 Å². The quantitative estimate of drug-likeness (QED) is 0.158. The van der Waals surface area contributed by atoms with Crippen LogP contribution in [0.25, 0.3) is 125 Å². The summed E-state index contributed by atoms with van der Waals surface area (Å²) in [5, 5.41) is 11.5. The van der Waals surface area contributed by atoms with E-state index in [4.69, 9.17) is 4.98 Å². The molecule has 13 aromatic rings. The van der Waals surface area contributed by atoms with E-state index in [0.29, 0.717) is 5.56 Å². The highest BCUT2D eigenvalue weighted by atomic mass is 32.1. The molecule has 0 saturated heterocycles. The highest BCUT2D eigenvalue weighted by Gasteiger charge is 2.30. The largest absolute Gasteiger partial charge is 0.416 e. The molecular weight excluding hydrogens is 838 g/mol. The first-order valence-corrected chi connectivity index (χ1v) is 22.7. The number of nitrogens with zero attached hydrogens (tertiary/aromatic N) is 2. The first kappa shape index (κ1) is 38.4. The van der Waals surface area contributed by atoms with E-state index in [-0.39, 0.29) is 0 Å². The molecule has 0 N–H and O–H groups in total. The molecule has 3 aromatic heterocycles. The number of pyridine rings is 1. The lowest BCUT2D eigenvalue weighted by molar-refractivity contribution is -0.137. The molecule has 3 heterocycles. The van der Waals surface area contributed by atoms with Gasteiger partial charge < -0.3 is 4.57 Å². The lowest BCUT2D eigenvalue weighted by atomic mass is 9.91. The van der Waals surface area contributed by atoms with Crippen molar-refractivity contribution in [2.24, 2.45) is 0 Å². The fourth-order valence-corrected chi connectivity index (χ4v) is 11.2. The van der Waals surface area contributed by atoms with Crippen LogP contribution in [-0.2, 0) is 6.18 Å². The van der Waals surface area contributed by atoms with E-state index in [1.54, 1.807) is 12.1 Å². The van der Waals surface area contributed by atoms with E-state index in [1.165, 1.54) is 36.5 Å². The lowest BCUT2D eigenvalue weighted by Crippen LogP contribution is -2.03. The van der Waals surface area contributed by atoms with E-state index in [2.05, 4.69) is 150 Å². The Hall–Kier alpha value is -8.06. The maximum atomic E-state index is 13.7. The number of hydrogen-bond acceptors (Lipinski definition) is 2. The van der Waals surface area contributed by atoms with Crippen molar-refractivity contribution in [1.29, 1.82) is 0 Å². The highest BCUT2D eigenvalue weighted by Crippen LogP contribution is 2.44. The van der Waals surface area contributed by atoms with Crippen LogP contribution < -0.4 is 0 Å². The van der Waals surface area contributed by atoms with Crippen LogP contribution in [0.5, 0.6) is 0 Å². The van der Waals surface area contributed by atoms with Gasteiger partial charge in [-0.3, -0.25) is 0 Å². The highest BCUT2D eigenvalue weighted by molar-refractivity contribution is 7.25. The van der Waals surface area contributed by atoms with Crippen LogP contribution in [0.3, 0.4) is 0 Å². The summed E-state index contributed by atoms with van der Waals surface area (Å²) in [7, 11) is 0. The Morgan fingerprint density at radius 2 is 0.818 bits per heavy atom. The van der Waals surface area contributed by atoms with Crippen molar-refractivity contribution in [3.8, 4) is 50.5 Å². The normalized spacial score (nSPS) is 12.2. The second-order valence-corrected chi connectivity index (χ2v) is 18.1. The summed E-state index contributed by atoms with van der Waals surface area (Å²) in [6.45, 7) is 0. The molecule has 6 heteroatoms. The number of rotatable bonds is 5. The summed E-state index contributed by atoms with van der Waals surface area (Å²) >= 11 is 1.83. The third-order valence-corrected chi connectivity index (χ3v) is 14.3. The molecular formula is C60H35F3N2S. The van der Waals surface area contributed by atoms with Crippen molar-refractivity contribution in [3.63, 3.8) is 0 Å². The molecule has 66 heavy (non-hydrogen) atoms. The molecule has 0 aliphatic carbocycles. The Balaban J connectivity index is 1.09. The number of aromatic nitrogens is 2. The van der Waals surface area contributed by atoms with Gasteiger partial charge in [0.05, 0.1) is 33.7 Å². The fourth-order valence-electron chi connectivity index (χ4n) is 10.0. The average Bonchev–Trinajstić information content (AvgIpc) is 3.90. The summed E-state index contributed by atoms with van der Waals surface area (Å²) in [6.07, 6.45) is -4.42. The maximum absolute atomic E-state index is 13.7. The fraction of sp³-hybridized carbons (Fsp3) is 0.0167. The Kier molecular flexibility index (Phi) is 8.58. The number of hydrogen-bond donors (Lipinski definition) is 0. The summed E-state index contributed by atoms with van der Waals surface area (Å²) in [4.78, 5) is 5.22. The number of thiophene rings is 1. The van der Waals surface area contributed by atoms with Gasteiger partial charge in [0.15, 0.2) is 0 Å². The number of alkyl halides is 3. The smallest absolute Gasteiger partial charge is 0.309 e. The average molecular weight is 873 g/mol. The van der Waals surface area contributed by atoms with Crippen LogP contribution in [0.1, 0.15) is 5.56 Å². The van der Waals surface area contributed by atoms with Crippen molar-refractivity contribution >= 4 is 85.6 Å². The van der Waals surface area contributed by atoms with Crippen LogP contribution in [-0.4, -0.2) is 9.55 Å². The third kappa shape index (κ3) is 6.21. The standard InChI is InChI=1S/C60H35F3N2S/c61-60(62,63)42-24-19-36(20-25-42)39-23-28-56-52(30-39)53-34-50-45-16-8-7-15-44(45)49-29-40(41-22-27-48-47-17-9-10-18-58(47)66-59(48)31-41)21-26-46(49)51(50)35-57(53)65(56)43-32-54(37-11-3-1-4-12-37)64-55(33-43)38-13-5-2-6-14-38/h1-35H. The molecule has 0 amide bonds. The van der Waals surface area contributed by atoms with E-state index in [1.807, 2.05) is 53.8 Å². The topological polar surface area (TPSA) is 17.8 Å². The number of halogens is 3. The van der Waals surface area contributed by atoms with Crippen LogP contribution in [0.4, 0.5) is 13.2 Å².